The maximum atomic E-state index is 14.4. The highest BCUT2D eigenvalue weighted by Crippen LogP contribution is 2.47. The fourth-order valence-electron chi connectivity index (χ4n) is 3.43. The molecule has 4 rings (SSSR count). The Hall–Kier alpha value is -2.83. The molecule has 0 aliphatic carbocycles. The normalized spacial score (nSPS) is 14.3. The van der Waals surface area contributed by atoms with E-state index in [2.05, 4.69) is 30.9 Å². The molecule has 0 radical (unpaired) electrons. The lowest BCUT2D eigenvalue weighted by Crippen LogP contribution is -2.52. The molecule has 0 aliphatic rings. The summed E-state index contributed by atoms with van der Waals surface area (Å²) in [5.41, 5.74) is 5.32. The van der Waals surface area contributed by atoms with Crippen LogP contribution in [-0.2, 0) is 5.54 Å². The lowest BCUT2D eigenvalue weighted by atomic mass is 9.86. The molecule has 0 fully saturated rings. The van der Waals surface area contributed by atoms with Gasteiger partial charge in [-0.15, -0.1) is 0 Å². The number of aromatic amines is 2. The second kappa shape index (κ2) is 6.09. The van der Waals surface area contributed by atoms with Crippen LogP contribution in [0.25, 0.3) is 21.9 Å². The number of H-pyrrole nitrogens is 2. The predicted molar refractivity (Wildman–Crippen MR) is 103 cm³/mol. The van der Waals surface area contributed by atoms with Crippen LogP contribution in [0.5, 0.6) is 0 Å². The molecule has 2 aromatic heterocycles. The molecule has 5 nitrogen and oxygen atoms in total. The first-order valence-corrected chi connectivity index (χ1v) is 8.98. The van der Waals surface area contributed by atoms with Gasteiger partial charge in [0.1, 0.15) is 5.82 Å². The quantitative estimate of drug-likeness (QED) is 0.413. The number of hydrogen-bond acceptors (Lipinski definition) is 3. The van der Waals surface area contributed by atoms with Crippen molar-refractivity contribution < 1.29 is 13.2 Å². The molecule has 0 amide bonds. The Bertz CT molecular complexity index is 1260. The van der Waals surface area contributed by atoms with Crippen molar-refractivity contribution in [1.82, 2.24) is 15.0 Å². The van der Waals surface area contributed by atoms with Gasteiger partial charge in [-0.3, -0.25) is 0 Å². The third kappa shape index (κ3) is 2.52. The summed E-state index contributed by atoms with van der Waals surface area (Å²) in [5, 5.41) is 9.38. The van der Waals surface area contributed by atoms with Crippen molar-refractivity contribution in [3.05, 3.63) is 63.5 Å². The van der Waals surface area contributed by atoms with Crippen molar-refractivity contribution in [2.45, 2.75) is 18.6 Å². The number of benzene rings is 2. The second-order valence-corrected chi connectivity index (χ2v) is 7.41. The number of nitriles is 1. The van der Waals surface area contributed by atoms with Crippen LogP contribution in [0.15, 0.2) is 41.0 Å². The number of hydrogen-bond donors (Lipinski definition) is 3. The molecular formula is C19H13BrF3N5. The van der Waals surface area contributed by atoms with Crippen molar-refractivity contribution in [3.63, 3.8) is 0 Å². The molecule has 0 bridgehead atoms. The third-order valence-electron chi connectivity index (χ3n) is 4.82. The summed E-state index contributed by atoms with van der Waals surface area (Å²) in [6, 6.07) is 9.53. The minimum absolute atomic E-state index is 0.138. The van der Waals surface area contributed by atoms with Crippen molar-refractivity contribution >= 4 is 37.9 Å². The number of nitrogens with one attached hydrogen (secondary N) is 2. The maximum absolute atomic E-state index is 14.4. The van der Waals surface area contributed by atoms with Gasteiger partial charge in [0.2, 0.25) is 0 Å². The van der Waals surface area contributed by atoms with E-state index in [1.165, 1.54) is 18.2 Å². The minimum Gasteiger partial charge on any atom is -0.361 e. The SMILES string of the molecule is Cc1cc(Br)c(C(N)(c2nc3ccc(C#N)cc3[nH]2)C(F)(F)F)c2cc[nH]c12. The van der Waals surface area contributed by atoms with E-state index in [-0.39, 0.29) is 10.0 Å². The predicted octanol–water partition coefficient (Wildman–Crippen LogP) is 4.75. The summed E-state index contributed by atoms with van der Waals surface area (Å²) in [7, 11) is 0. The van der Waals surface area contributed by atoms with Crippen LogP contribution in [0.3, 0.4) is 0 Å². The highest BCUT2D eigenvalue weighted by Gasteiger charge is 2.58. The van der Waals surface area contributed by atoms with Crippen LogP contribution in [0.1, 0.15) is 22.5 Å². The van der Waals surface area contributed by atoms with E-state index in [9.17, 15) is 13.2 Å². The van der Waals surface area contributed by atoms with Gasteiger partial charge >= 0.3 is 6.18 Å². The fourth-order valence-corrected chi connectivity index (χ4v) is 4.30. The van der Waals surface area contributed by atoms with E-state index >= 15 is 0 Å². The molecule has 0 saturated carbocycles. The van der Waals surface area contributed by atoms with Gasteiger partial charge < -0.3 is 15.7 Å². The molecule has 9 heteroatoms. The topological polar surface area (TPSA) is 94.3 Å². The van der Waals surface area contributed by atoms with Gasteiger partial charge in [-0.1, -0.05) is 15.9 Å². The van der Waals surface area contributed by atoms with Crippen molar-refractivity contribution in [2.24, 2.45) is 5.73 Å². The summed E-state index contributed by atoms with van der Waals surface area (Å²) in [6.07, 6.45) is -3.27. The first-order chi connectivity index (χ1) is 13.2. The molecular weight excluding hydrogens is 435 g/mol. The highest BCUT2D eigenvalue weighted by molar-refractivity contribution is 9.10. The van der Waals surface area contributed by atoms with Gasteiger partial charge in [-0.05, 0) is 42.8 Å². The molecule has 4 N–H and O–H groups in total. The molecule has 1 atom stereocenters. The Labute approximate surface area is 165 Å². The Balaban J connectivity index is 2.08. The summed E-state index contributed by atoms with van der Waals surface area (Å²) in [4.78, 5) is 9.75. The maximum Gasteiger partial charge on any atom is 0.417 e. The zero-order chi connectivity index (χ0) is 20.3. The Morgan fingerprint density at radius 1 is 1.21 bits per heavy atom. The Morgan fingerprint density at radius 3 is 2.64 bits per heavy atom. The number of alkyl halides is 3. The molecule has 28 heavy (non-hydrogen) atoms. The van der Waals surface area contributed by atoms with Crippen LogP contribution in [-0.4, -0.2) is 21.1 Å². The Morgan fingerprint density at radius 2 is 1.96 bits per heavy atom. The highest BCUT2D eigenvalue weighted by atomic mass is 79.9. The van der Waals surface area contributed by atoms with Crippen molar-refractivity contribution in [1.29, 1.82) is 5.26 Å². The molecule has 2 aromatic carbocycles. The lowest BCUT2D eigenvalue weighted by Gasteiger charge is -2.32. The average Bonchev–Trinajstić information content (AvgIpc) is 3.26. The second-order valence-electron chi connectivity index (χ2n) is 6.55. The van der Waals surface area contributed by atoms with Crippen LogP contribution in [0.4, 0.5) is 13.2 Å². The number of fused-ring (bicyclic) bond motifs is 2. The summed E-state index contributed by atoms with van der Waals surface area (Å²) in [5.74, 6) is -0.447. The van der Waals surface area contributed by atoms with Crippen molar-refractivity contribution in [3.8, 4) is 6.07 Å². The number of nitrogens with zero attached hydrogens (tertiary/aromatic N) is 2. The summed E-state index contributed by atoms with van der Waals surface area (Å²) < 4.78 is 43.4. The van der Waals surface area contributed by atoms with Gasteiger partial charge in [0.05, 0.1) is 22.7 Å². The van der Waals surface area contributed by atoms with E-state index < -0.39 is 17.5 Å². The fraction of sp³-hybridized carbons (Fsp3) is 0.158. The zero-order valence-corrected chi connectivity index (χ0v) is 16.0. The summed E-state index contributed by atoms with van der Waals surface area (Å²) in [6.45, 7) is 1.80. The largest absolute Gasteiger partial charge is 0.417 e. The van der Waals surface area contributed by atoms with Crippen LogP contribution < -0.4 is 5.73 Å². The average molecular weight is 448 g/mol. The number of aromatic nitrogens is 3. The molecule has 4 aromatic rings. The van der Waals surface area contributed by atoms with Gasteiger partial charge in [0, 0.05) is 27.1 Å². The molecule has 0 saturated heterocycles. The van der Waals surface area contributed by atoms with E-state index in [1.807, 2.05) is 6.07 Å². The van der Waals surface area contributed by atoms with Gasteiger partial charge in [0.25, 0.3) is 0 Å². The first kappa shape index (κ1) is 18.5. The van der Waals surface area contributed by atoms with Gasteiger partial charge in [-0.2, -0.15) is 18.4 Å². The van der Waals surface area contributed by atoms with E-state index in [0.29, 0.717) is 27.5 Å². The zero-order valence-electron chi connectivity index (χ0n) is 14.4. The molecule has 2 heterocycles. The van der Waals surface area contributed by atoms with Crippen LogP contribution >= 0.6 is 15.9 Å². The number of imidazole rings is 1. The molecule has 142 valence electrons. The van der Waals surface area contributed by atoms with Gasteiger partial charge in [0.15, 0.2) is 5.54 Å². The number of aryl methyl sites for hydroxylation is 1. The third-order valence-corrected chi connectivity index (χ3v) is 5.44. The smallest absolute Gasteiger partial charge is 0.361 e. The summed E-state index contributed by atoms with van der Waals surface area (Å²) >= 11 is 3.27. The molecule has 0 spiro atoms. The van der Waals surface area contributed by atoms with E-state index in [0.717, 1.165) is 5.56 Å². The van der Waals surface area contributed by atoms with Crippen LogP contribution in [0.2, 0.25) is 0 Å². The molecule has 1 unspecified atom stereocenters. The monoisotopic (exact) mass is 447 g/mol. The standard InChI is InChI=1S/C19H13BrF3N5/c1-9-6-12(20)15(11-4-5-26-16(9)11)18(25,19(21,22)23)17-27-13-3-2-10(8-24)7-14(13)28-17/h2-7,26H,25H2,1H3,(H,27,28). The lowest BCUT2D eigenvalue weighted by molar-refractivity contribution is -0.178. The molecule has 0 aliphatic heterocycles. The number of halogens is 4. The number of nitrogens with two attached hydrogens (primary N) is 1. The number of rotatable bonds is 2. The first-order valence-electron chi connectivity index (χ1n) is 8.19. The van der Waals surface area contributed by atoms with Crippen molar-refractivity contribution in [2.75, 3.05) is 0 Å². The van der Waals surface area contributed by atoms with Gasteiger partial charge in [-0.25, -0.2) is 4.98 Å². The van der Waals surface area contributed by atoms with Crippen LogP contribution in [0, 0.1) is 18.3 Å². The van der Waals surface area contributed by atoms with E-state index in [4.69, 9.17) is 11.0 Å². The Kier molecular flexibility index (Phi) is 4.03. The minimum atomic E-state index is -4.85. The van der Waals surface area contributed by atoms with E-state index in [1.54, 1.807) is 25.3 Å².